The van der Waals surface area contributed by atoms with Crippen molar-refractivity contribution in [3.05, 3.63) is 70.8 Å². The first-order valence-electron chi connectivity index (χ1n) is 6.17. The first-order valence-corrected chi connectivity index (χ1v) is 6.17. The topological polar surface area (TPSA) is 109 Å². The van der Waals surface area contributed by atoms with E-state index in [9.17, 15) is 19.2 Å². The minimum absolute atomic E-state index is 0.101. The van der Waals surface area contributed by atoms with Gasteiger partial charge in [-0.1, -0.05) is 36.4 Å². The van der Waals surface area contributed by atoms with Gasteiger partial charge in [0.1, 0.15) is 0 Å². The summed E-state index contributed by atoms with van der Waals surface area (Å²) in [6.07, 6.45) is 0. The van der Waals surface area contributed by atoms with Gasteiger partial charge in [0.2, 0.25) is 11.6 Å². The van der Waals surface area contributed by atoms with Crippen LogP contribution in [0.4, 0.5) is 0 Å². The van der Waals surface area contributed by atoms with E-state index < -0.39 is 40.2 Å². The Balaban J connectivity index is 2.55. The predicted octanol–water partition coefficient (Wildman–Crippen LogP) is 2.15. The molecule has 0 unspecified atom stereocenters. The summed E-state index contributed by atoms with van der Waals surface area (Å²) in [4.78, 5) is 46.7. The number of rotatable bonds is 5. The number of aromatic carboxylic acids is 2. The number of benzene rings is 2. The standard InChI is InChI=1S/C16H10O6/c17-13(9-5-2-1-3-6-9)14(18)10-7-4-8-11(15(19)20)12(10)16(21)22/h1-8H,(H,19,20)(H,21,22). The molecule has 0 amide bonds. The Morgan fingerprint density at radius 1 is 0.636 bits per heavy atom. The van der Waals surface area contributed by atoms with Crippen molar-refractivity contribution in [2.24, 2.45) is 0 Å². The Kier molecular flexibility index (Phi) is 4.13. The molecule has 0 aliphatic carbocycles. The van der Waals surface area contributed by atoms with E-state index in [2.05, 4.69) is 0 Å². The lowest BCUT2D eigenvalue weighted by Gasteiger charge is -2.07. The smallest absolute Gasteiger partial charge is 0.337 e. The zero-order valence-corrected chi connectivity index (χ0v) is 11.1. The van der Waals surface area contributed by atoms with E-state index in [1.807, 2.05) is 0 Å². The fourth-order valence-corrected chi connectivity index (χ4v) is 1.99. The molecule has 0 aromatic heterocycles. The summed E-state index contributed by atoms with van der Waals surface area (Å²) in [5.74, 6) is -5.03. The Morgan fingerprint density at radius 2 is 1.23 bits per heavy atom. The van der Waals surface area contributed by atoms with Gasteiger partial charge in [0.15, 0.2) is 0 Å². The van der Waals surface area contributed by atoms with Crippen LogP contribution in [0.25, 0.3) is 0 Å². The van der Waals surface area contributed by atoms with Crippen molar-refractivity contribution < 1.29 is 29.4 Å². The summed E-state index contributed by atoms with van der Waals surface area (Å²) in [6, 6.07) is 11.0. The Morgan fingerprint density at radius 3 is 1.77 bits per heavy atom. The molecular weight excluding hydrogens is 288 g/mol. The fourth-order valence-electron chi connectivity index (χ4n) is 1.99. The quantitative estimate of drug-likeness (QED) is 0.646. The van der Waals surface area contributed by atoms with Crippen LogP contribution in [0.5, 0.6) is 0 Å². The monoisotopic (exact) mass is 298 g/mol. The summed E-state index contributed by atoms with van der Waals surface area (Å²) in [5.41, 5.74) is -1.57. The molecule has 0 fully saturated rings. The predicted molar refractivity (Wildman–Crippen MR) is 75.5 cm³/mol. The van der Waals surface area contributed by atoms with Gasteiger partial charge in [0.25, 0.3) is 0 Å². The minimum Gasteiger partial charge on any atom is -0.478 e. The summed E-state index contributed by atoms with van der Waals surface area (Å²) < 4.78 is 0. The van der Waals surface area contributed by atoms with Gasteiger partial charge in [-0.15, -0.1) is 0 Å². The van der Waals surface area contributed by atoms with Gasteiger partial charge in [-0.05, 0) is 12.1 Å². The Bertz CT molecular complexity index is 776. The summed E-state index contributed by atoms with van der Waals surface area (Å²) >= 11 is 0. The maximum absolute atomic E-state index is 12.2. The third-order valence-electron chi connectivity index (χ3n) is 3.00. The van der Waals surface area contributed by atoms with Crippen molar-refractivity contribution in [3.63, 3.8) is 0 Å². The average molecular weight is 298 g/mol. The zero-order chi connectivity index (χ0) is 16.3. The maximum atomic E-state index is 12.2. The Labute approximate surface area is 124 Å². The van der Waals surface area contributed by atoms with Crippen molar-refractivity contribution in [2.45, 2.75) is 0 Å². The Hall–Kier alpha value is -3.28. The molecule has 0 radical (unpaired) electrons. The molecule has 0 atom stereocenters. The van der Waals surface area contributed by atoms with Crippen molar-refractivity contribution in [1.82, 2.24) is 0 Å². The number of Topliss-reactive ketones (excluding diaryl/α,β-unsaturated/α-hetero) is 2. The summed E-state index contributed by atoms with van der Waals surface area (Å²) in [5, 5.41) is 18.2. The third kappa shape index (κ3) is 2.76. The molecule has 6 heteroatoms. The summed E-state index contributed by atoms with van der Waals surface area (Å²) in [6.45, 7) is 0. The van der Waals surface area contributed by atoms with Crippen LogP contribution in [0.3, 0.4) is 0 Å². The second-order valence-corrected chi connectivity index (χ2v) is 4.36. The van der Waals surface area contributed by atoms with E-state index in [1.54, 1.807) is 18.2 Å². The lowest BCUT2D eigenvalue weighted by Crippen LogP contribution is -2.20. The highest BCUT2D eigenvalue weighted by atomic mass is 16.4. The van der Waals surface area contributed by atoms with Gasteiger partial charge < -0.3 is 10.2 Å². The minimum atomic E-state index is -1.58. The molecule has 0 saturated carbocycles. The zero-order valence-electron chi connectivity index (χ0n) is 11.1. The number of ketones is 2. The van der Waals surface area contributed by atoms with Crippen LogP contribution < -0.4 is 0 Å². The summed E-state index contributed by atoms with van der Waals surface area (Å²) in [7, 11) is 0. The molecule has 2 rings (SSSR count). The van der Waals surface area contributed by atoms with E-state index in [1.165, 1.54) is 18.2 Å². The number of carbonyl (C=O) groups excluding carboxylic acids is 2. The van der Waals surface area contributed by atoms with Crippen molar-refractivity contribution in [1.29, 1.82) is 0 Å². The average Bonchev–Trinajstić information content (AvgIpc) is 2.53. The van der Waals surface area contributed by atoms with Crippen molar-refractivity contribution in [3.8, 4) is 0 Å². The van der Waals surface area contributed by atoms with Gasteiger partial charge in [-0.3, -0.25) is 9.59 Å². The second kappa shape index (κ2) is 6.01. The van der Waals surface area contributed by atoms with Gasteiger partial charge in [-0.25, -0.2) is 9.59 Å². The van der Waals surface area contributed by atoms with E-state index in [4.69, 9.17) is 10.2 Å². The molecule has 0 aliphatic heterocycles. The number of carboxylic acids is 2. The van der Waals surface area contributed by atoms with Crippen LogP contribution in [0.15, 0.2) is 48.5 Å². The molecule has 2 aromatic rings. The number of hydrogen-bond acceptors (Lipinski definition) is 4. The first-order chi connectivity index (χ1) is 10.4. The van der Waals surface area contributed by atoms with Gasteiger partial charge in [0, 0.05) is 11.1 Å². The fraction of sp³-hybridized carbons (Fsp3) is 0. The van der Waals surface area contributed by atoms with E-state index in [0.717, 1.165) is 12.1 Å². The molecule has 0 spiro atoms. The first kappa shape index (κ1) is 15.1. The molecule has 22 heavy (non-hydrogen) atoms. The van der Waals surface area contributed by atoms with Crippen molar-refractivity contribution >= 4 is 23.5 Å². The maximum Gasteiger partial charge on any atom is 0.337 e. The lowest BCUT2D eigenvalue weighted by molar-refractivity contribution is 0.0648. The van der Waals surface area contributed by atoms with E-state index >= 15 is 0 Å². The van der Waals surface area contributed by atoms with E-state index in [0.29, 0.717) is 0 Å². The largest absolute Gasteiger partial charge is 0.478 e. The highest BCUT2D eigenvalue weighted by Crippen LogP contribution is 2.18. The normalized spacial score (nSPS) is 10.0. The van der Waals surface area contributed by atoms with Crippen LogP contribution in [-0.2, 0) is 0 Å². The molecule has 2 aromatic carbocycles. The number of hydrogen-bond donors (Lipinski definition) is 2. The SMILES string of the molecule is O=C(C(=O)c1cccc(C(=O)O)c1C(=O)O)c1ccccc1. The molecule has 110 valence electrons. The van der Waals surface area contributed by atoms with Crippen LogP contribution in [0.1, 0.15) is 41.4 Å². The van der Waals surface area contributed by atoms with Crippen molar-refractivity contribution in [2.75, 3.05) is 0 Å². The van der Waals surface area contributed by atoms with Crippen LogP contribution >= 0.6 is 0 Å². The van der Waals surface area contributed by atoms with E-state index in [-0.39, 0.29) is 5.56 Å². The van der Waals surface area contributed by atoms with Gasteiger partial charge in [0.05, 0.1) is 11.1 Å². The number of carboxylic acid groups (broad SMARTS) is 2. The number of carbonyl (C=O) groups is 4. The second-order valence-electron chi connectivity index (χ2n) is 4.36. The van der Waals surface area contributed by atoms with Crippen LogP contribution in [0.2, 0.25) is 0 Å². The molecule has 0 heterocycles. The third-order valence-corrected chi connectivity index (χ3v) is 3.00. The lowest BCUT2D eigenvalue weighted by atomic mass is 9.94. The highest BCUT2D eigenvalue weighted by Gasteiger charge is 2.27. The molecule has 0 aliphatic rings. The molecule has 0 saturated heterocycles. The molecule has 0 bridgehead atoms. The van der Waals surface area contributed by atoms with Gasteiger partial charge in [-0.2, -0.15) is 0 Å². The highest BCUT2D eigenvalue weighted by molar-refractivity contribution is 6.50. The molecule has 6 nitrogen and oxygen atoms in total. The molecule has 2 N–H and O–H groups in total. The van der Waals surface area contributed by atoms with Crippen LogP contribution in [-0.4, -0.2) is 33.7 Å². The van der Waals surface area contributed by atoms with Crippen LogP contribution in [0, 0.1) is 0 Å². The van der Waals surface area contributed by atoms with Gasteiger partial charge >= 0.3 is 11.9 Å². The molecular formula is C16H10O6.